The lowest BCUT2D eigenvalue weighted by molar-refractivity contribution is -0.137. The summed E-state index contributed by atoms with van der Waals surface area (Å²) < 4.78 is 45.4. The fourth-order valence-corrected chi connectivity index (χ4v) is 4.72. The Kier molecular flexibility index (Phi) is 6.84. The van der Waals surface area contributed by atoms with Crippen LogP contribution in [0.1, 0.15) is 17.5 Å². The lowest BCUT2D eigenvalue weighted by atomic mass is 10.0. The van der Waals surface area contributed by atoms with Gasteiger partial charge >= 0.3 is 12.2 Å². The molecule has 38 heavy (non-hydrogen) atoms. The summed E-state index contributed by atoms with van der Waals surface area (Å²) in [4.78, 5) is 26.0. The van der Waals surface area contributed by atoms with Crippen molar-refractivity contribution in [3.05, 3.63) is 59.8 Å². The fourth-order valence-electron chi connectivity index (χ4n) is 4.72. The number of ether oxygens (including phenoxy) is 1. The Labute approximate surface area is 216 Å². The third-order valence-corrected chi connectivity index (χ3v) is 6.57. The minimum absolute atomic E-state index is 0.155. The number of fused-ring (bicyclic) bond motifs is 4. The van der Waals surface area contributed by atoms with Crippen LogP contribution in [0.5, 0.6) is 5.88 Å². The van der Waals surface area contributed by atoms with Crippen LogP contribution in [0, 0.1) is 6.92 Å². The van der Waals surface area contributed by atoms with Crippen LogP contribution in [-0.2, 0) is 6.18 Å². The van der Waals surface area contributed by atoms with Crippen molar-refractivity contribution in [1.82, 2.24) is 9.97 Å². The van der Waals surface area contributed by atoms with Gasteiger partial charge in [0.25, 0.3) is 0 Å². The van der Waals surface area contributed by atoms with Gasteiger partial charge in [-0.2, -0.15) is 13.2 Å². The van der Waals surface area contributed by atoms with Crippen molar-refractivity contribution in [3.8, 4) is 17.1 Å². The molecule has 4 heterocycles. The number of hydrogen-bond acceptors (Lipinski definition) is 7. The maximum Gasteiger partial charge on any atom is 0.416 e. The van der Waals surface area contributed by atoms with Crippen LogP contribution in [0.15, 0.2) is 48.7 Å². The molecule has 2 atom stereocenters. The number of halogens is 3. The number of carbonyl (C=O) groups is 1. The summed E-state index contributed by atoms with van der Waals surface area (Å²) >= 11 is 0. The smallest absolute Gasteiger partial charge is 0.416 e. The quantitative estimate of drug-likeness (QED) is 0.445. The number of amides is 2. The standard InChI is InChI=1S/C26H26F3N5O4/c1-15-9-21-24(32-23(15)16-3-2-4-17(10-16)26(27,28)29)34(19-6-8-33(21)12-19)25(37)31-18-5-7-30-22(11-18)38-14-20(36)13-35/h2-5,7,9-11,19-20,35-36H,6,8,12-14H2,1H3,(H,30,31,37)/t19-,20?/m0/s1. The number of aromatic nitrogens is 2. The van der Waals surface area contributed by atoms with Gasteiger partial charge in [-0.1, -0.05) is 12.1 Å². The summed E-state index contributed by atoms with van der Waals surface area (Å²) in [5.41, 5.74) is 1.76. The second-order valence-electron chi connectivity index (χ2n) is 9.29. The van der Waals surface area contributed by atoms with Crippen molar-refractivity contribution in [1.29, 1.82) is 0 Å². The number of nitrogens with one attached hydrogen (secondary N) is 1. The predicted molar refractivity (Wildman–Crippen MR) is 134 cm³/mol. The molecule has 3 aromatic rings. The molecule has 2 amide bonds. The summed E-state index contributed by atoms with van der Waals surface area (Å²) in [5.74, 6) is 0.535. The van der Waals surface area contributed by atoms with E-state index >= 15 is 0 Å². The minimum Gasteiger partial charge on any atom is -0.475 e. The number of aliphatic hydroxyl groups is 2. The molecule has 9 nitrogen and oxygen atoms in total. The molecule has 2 aromatic heterocycles. The summed E-state index contributed by atoms with van der Waals surface area (Å²) in [7, 11) is 0. The van der Waals surface area contributed by atoms with E-state index < -0.39 is 30.5 Å². The first-order valence-electron chi connectivity index (χ1n) is 12.1. The normalized spacial score (nSPS) is 17.3. The van der Waals surface area contributed by atoms with Gasteiger partial charge in [-0.25, -0.2) is 14.8 Å². The average Bonchev–Trinajstić information content (AvgIpc) is 3.31. The van der Waals surface area contributed by atoms with Gasteiger partial charge in [-0.15, -0.1) is 0 Å². The monoisotopic (exact) mass is 529 g/mol. The highest BCUT2D eigenvalue weighted by molar-refractivity contribution is 6.05. The van der Waals surface area contributed by atoms with Gasteiger partial charge in [0, 0.05) is 36.6 Å². The molecule has 12 heteroatoms. The van der Waals surface area contributed by atoms with Crippen molar-refractivity contribution >= 4 is 23.2 Å². The van der Waals surface area contributed by atoms with Gasteiger partial charge < -0.3 is 25.2 Å². The Morgan fingerprint density at radius 1 is 1.26 bits per heavy atom. The third-order valence-electron chi connectivity index (χ3n) is 6.57. The minimum atomic E-state index is -4.49. The number of aliphatic hydroxyl groups excluding tert-OH is 2. The number of carbonyl (C=O) groups excluding carboxylic acids is 1. The third kappa shape index (κ3) is 5.09. The fraction of sp³-hybridized carbons (Fsp3) is 0.346. The molecule has 1 saturated heterocycles. The number of rotatable bonds is 6. The maximum absolute atomic E-state index is 13.5. The maximum atomic E-state index is 13.5. The average molecular weight is 530 g/mol. The Bertz CT molecular complexity index is 1350. The van der Waals surface area contributed by atoms with Crippen LogP contribution in [0.4, 0.5) is 35.2 Å². The zero-order valence-corrected chi connectivity index (χ0v) is 20.4. The molecular formula is C26H26F3N5O4. The molecule has 2 bridgehead atoms. The molecule has 2 aliphatic rings. The van der Waals surface area contributed by atoms with Crippen LogP contribution in [-0.4, -0.2) is 64.7 Å². The Morgan fingerprint density at radius 3 is 2.84 bits per heavy atom. The van der Waals surface area contributed by atoms with Crippen LogP contribution in [0.2, 0.25) is 0 Å². The molecule has 0 spiro atoms. The van der Waals surface area contributed by atoms with Crippen LogP contribution >= 0.6 is 0 Å². The second kappa shape index (κ2) is 10.1. The predicted octanol–water partition coefficient (Wildman–Crippen LogP) is 3.83. The van der Waals surface area contributed by atoms with E-state index in [1.54, 1.807) is 24.0 Å². The van der Waals surface area contributed by atoms with E-state index in [0.29, 0.717) is 41.3 Å². The van der Waals surface area contributed by atoms with Gasteiger partial charge in [0.15, 0.2) is 5.82 Å². The van der Waals surface area contributed by atoms with E-state index in [0.717, 1.165) is 24.4 Å². The summed E-state index contributed by atoms with van der Waals surface area (Å²) in [6.07, 6.45) is -3.40. The number of nitrogens with zero attached hydrogens (tertiary/aromatic N) is 4. The van der Waals surface area contributed by atoms with Gasteiger partial charge in [-0.3, -0.25) is 4.90 Å². The molecule has 2 aliphatic heterocycles. The first-order valence-corrected chi connectivity index (χ1v) is 12.1. The van der Waals surface area contributed by atoms with E-state index in [9.17, 15) is 23.1 Å². The van der Waals surface area contributed by atoms with Crippen LogP contribution < -0.4 is 19.9 Å². The Balaban J connectivity index is 1.46. The van der Waals surface area contributed by atoms with Gasteiger partial charge in [0.2, 0.25) is 5.88 Å². The zero-order chi connectivity index (χ0) is 27.0. The second-order valence-corrected chi connectivity index (χ2v) is 9.29. The molecular weight excluding hydrogens is 503 g/mol. The van der Waals surface area contributed by atoms with Crippen molar-refractivity contribution in [2.45, 2.75) is 31.7 Å². The van der Waals surface area contributed by atoms with E-state index in [4.69, 9.17) is 14.8 Å². The molecule has 0 aliphatic carbocycles. The molecule has 5 rings (SSSR count). The molecule has 1 fully saturated rings. The largest absolute Gasteiger partial charge is 0.475 e. The van der Waals surface area contributed by atoms with E-state index in [-0.39, 0.29) is 18.5 Å². The number of hydrogen-bond donors (Lipinski definition) is 3. The number of anilines is 3. The van der Waals surface area contributed by atoms with Crippen molar-refractivity contribution < 1.29 is 32.9 Å². The molecule has 3 N–H and O–H groups in total. The van der Waals surface area contributed by atoms with E-state index in [1.807, 2.05) is 6.07 Å². The summed E-state index contributed by atoms with van der Waals surface area (Å²) in [6, 6.07) is 9.33. The van der Waals surface area contributed by atoms with Gasteiger partial charge in [0.1, 0.15) is 12.7 Å². The van der Waals surface area contributed by atoms with Crippen molar-refractivity contribution in [2.75, 3.05) is 41.4 Å². The molecule has 0 radical (unpaired) electrons. The molecule has 0 saturated carbocycles. The molecule has 1 unspecified atom stereocenters. The zero-order valence-electron chi connectivity index (χ0n) is 20.4. The van der Waals surface area contributed by atoms with Crippen molar-refractivity contribution in [2.24, 2.45) is 0 Å². The molecule has 1 aromatic carbocycles. The highest BCUT2D eigenvalue weighted by Crippen LogP contribution is 2.42. The van der Waals surface area contributed by atoms with Gasteiger partial charge in [-0.05, 0) is 43.2 Å². The SMILES string of the molecule is Cc1cc2c(nc1-c1cccc(C(F)(F)F)c1)N(C(=O)Nc1ccnc(OCC(O)CO)c1)[C@H]1CCN2C1. The summed E-state index contributed by atoms with van der Waals surface area (Å²) in [6.45, 7) is 2.51. The summed E-state index contributed by atoms with van der Waals surface area (Å²) in [5, 5.41) is 21.3. The van der Waals surface area contributed by atoms with Crippen LogP contribution in [0.25, 0.3) is 11.3 Å². The lowest BCUT2D eigenvalue weighted by Gasteiger charge is -2.36. The lowest BCUT2D eigenvalue weighted by Crippen LogP contribution is -2.48. The number of pyridine rings is 2. The highest BCUT2D eigenvalue weighted by Gasteiger charge is 2.41. The molecule has 200 valence electrons. The number of benzene rings is 1. The number of aryl methyl sites for hydroxylation is 1. The first kappa shape index (κ1) is 25.7. The Hall–Kier alpha value is -3.90. The van der Waals surface area contributed by atoms with Crippen molar-refractivity contribution in [3.63, 3.8) is 0 Å². The first-order chi connectivity index (χ1) is 18.1. The topological polar surface area (TPSA) is 111 Å². The van der Waals surface area contributed by atoms with Gasteiger partial charge in [0.05, 0.1) is 29.6 Å². The number of urea groups is 1. The van der Waals surface area contributed by atoms with E-state index in [1.165, 1.54) is 18.3 Å². The Morgan fingerprint density at radius 2 is 2.08 bits per heavy atom. The van der Waals surface area contributed by atoms with Crippen LogP contribution in [0.3, 0.4) is 0 Å². The highest BCUT2D eigenvalue weighted by atomic mass is 19.4. The van der Waals surface area contributed by atoms with E-state index in [2.05, 4.69) is 15.2 Å². The number of alkyl halides is 3.